The van der Waals surface area contributed by atoms with Gasteiger partial charge >= 0.3 is 0 Å². The molecule has 94 valence electrons. The van der Waals surface area contributed by atoms with Crippen molar-refractivity contribution >= 4 is 10.2 Å². The summed E-state index contributed by atoms with van der Waals surface area (Å²) >= 11 is 0. The molecule has 0 aromatic heterocycles. The van der Waals surface area contributed by atoms with Crippen molar-refractivity contribution in [1.82, 2.24) is 9.21 Å². The molecule has 1 aliphatic heterocycles. The lowest BCUT2D eigenvalue weighted by Gasteiger charge is -2.32. The summed E-state index contributed by atoms with van der Waals surface area (Å²) in [5, 5.41) is 5.09. The molecule has 0 atom stereocenters. The van der Waals surface area contributed by atoms with Gasteiger partial charge in [-0.2, -0.15) is 12.7 Å². The van der Waals surface area contributed by atoms with E-state index < -0.39 is 10.2 Å². The highest BCUT2D eigenvalue weighted by Gasteiger charge is 2.23. The molecule has 0 aliphatic carbocycles. The smallest absolute Gasteiger partial charge is 0.276 e. The second-order valence-electron chi connectivity index (χ2n) is 4.21. The van der Waals surface area contributed by atoms with E-state index in [1.807, 2.05) is 18.2 Å². The summed E-state index contributed by atoms with van der Waals surface area (Å²) < 4.78 is 23.6. The maximum atomic E-state index is 11.1. The first kappa shape index (κ1) is 12.5. The van der Waals surface area contributed by atoms with Crippen LogP contribution in [0, 0.1) is 0 Å². The van der Waals surface area contributed by atoms with E-state index in [2.05, 4.69) is 17.0 Å². The lowest BCUT2D eigenvalue weighted by Crippen LogP contribution is -2.50. The molecule has 2 rings (SSSR count). The molecule has 1 heterocycles. The van der Waals surface area contributed by atoms with Gasteiger partial charge in [-0.3, -0.25) is 4.90 Å². The van der Waals surface area contributed by atoms with Crippen molar-refractivity contribution in [3.8, 4) is 0 Å². The van der Waals surface area contributed by atoms with Gasteiger partial charge in [0.05, 0.1) is 0 Å². The molecule has 0 unspecified atom stereocenters. The predicted octanol–water partition coefficient (Wildman–Crippen LogP) is 0.00770. The van der Waals surface area contributed by atoms with Crippen LogP contribution < -0.4 is 5.14 Å². The molecule has 2 N–H and O–H groups in total. The van der Waals surface area contributed by atoms with E-state index in [4.69, 9.17) is 5.14 Å². The molecule has 0 saturated carbocycles. The third kappa shape index (κ3) is 3.50. The summed E-state index contributed by atoms with van der Waals surface area (Å²) in [6.07, 6.45) is 0. The van der Waals surface area contributed by atoms with Gasteiger partial charge in [0, 0.05) is 32.7 Å². The maximum absolute atomic E-state index is 11.1. The second-order valence-corrected chi connectivity index (χ2v) is 5.75. The standard InChI is InChI=1S/C11H17N3O2S/c12-17(15,16)14-8-6-13(7-9-14)10-11-4-2-1-3-5-11/h1-5H,6-10H2,(H2,12,15,16). The summed E-state index contributed by atoms with van der Waals surface area (Å²) in [5.41, 5.74) is 1.25. The minimum absolute atomic E-state index is 0.478. The van der Waals surface area contributed by atoms with Crippen molar-refractivity contribution in [3.05, 3.63) is 35.9 Å². The Morgan fingerprint density at radius 2 is 1.65 bits per heavy atom. The Morgan fingerprint density at radius 3 is 2.18 bits per heavy atom. The van der Waals surface area contributed by atoms with Crippen LogP contribution >= 0.6 is 0 Å². The number of hydrogen-bond donors (Lipinski definition) is 1. The third-order valence-electron chi connectivity index (χ3n) is 2.94. The van der Waals surface area contributed by atoms with Gasteiger partial charge in [0.15, 0.2) is 0 Å². The van der Waals surface area contributed by atoms with E-state index in [0.717, 1.165) is 19.6 Å². The molecule has 1 fully saturated rings. The highest BCUT2D eigenvalue weighted by Crippen LogP contribution is 2.09. The topological polar surface area (TPSA) is 66.6 Å². The van der Waals surface area contributed by atoms with Crippen molar-refractivity contribution < 1.29 is 8.42 Å². The number of hydrogen-bond acceptors (Lipinski definition) is 3. The maximum Gasteiger partial charge on any atom is 0.276 e. The van der Waals surface area contributed by atoms with E-state index in [0.29, 0.717) is 13.1 Å². The molecule has 0 spiro atoms. The Balaban J connectivity index is 1.88. The van der Waals surface area contributed by atoms with Crippen molar-refractivity contribution in [3.63, 3.8) is 0 Å². The summed E-state index contributed by atoms with van der Waals surface area (Å²) in [4.78, 5) is 2.23. The van der Waals surface area contributed by atoms with Crippen LogP contribution in [-0.2, 0) is 16.8 Å². The summed E-state index contributed by atoms with van der Waals surface area (Å²) in [6, 6.07) is 10.2. The quantitative estimate of drug-likeness (QED) is 0.827. The molecule has 0 radical (unpaired) electrons. The Morgan fingerprint density at radius 1 is 1.06 bits per heavy atom. The van der Waals surface area contributed by atoms with Crippen LogP contribution in [0.1, 0.15) is 5.56 Å². The van der Waals surface area contributed by atoms with Crippen LogP contribution in [0.3, 0.4) is 0 Å². The molecule has 0 amide bonds. The lowest BCUT2D eigenvalue weighted by atomic mass is 10.2. The largest absolute Gasteiger partial charge is 0.296 e. The van der Waals surface area contributed by atoms with E-state index in [-0.39, 0.29) is 0 Å². The third-order valence-corrected chi connectivity index (χ3v) is 4.03. The highest BCUT2D eigenvalue weighted by atomic mass is 32.2. The first-order chi connectivity index (χ1) is 8.05. The molecule has 5 nitrogen and oxygen atoms in total. The number of benzene rings is 1. The first-order valence-corrected chi connectivity index (χ1v) is 7.10. The van der Waals surface area contributed by atoms with Gasteiger partial charge in [0.2, 0.25) is 0 Å². The Kier molecular flexibility index (Phi) is 3.78. The minimum atomic E-state index is -3.52. The monoisotopic (exact) mass is 255 g/mol. The van der Waals surface area contributed by atoms with E-state index in [1.165, 1.54) is 9.87 Å². The molecular formula is C11H17N3O2S. The Bertz CT molecular complexity index is 453. The zero-order valence-electron chi connectivity index (χ0n) is 9.62. The zero-order valence-corrected chi connectivity index (χ0v) is 10.4. The molecular weight excluding hydrogens is 238 g/mol. The van der Waals surface area contributed by atoms with Gasteiger partial charge < -0.3 is 0 Å². The van der Waals surface area contributed by atoms with Gasteiger partial charge in [-0.05, 0) is 5.56 Å². The van der Waals surface area contributed by atoms with E-state index in [1.54, 1.807) is 0 Å². The highest BCUT2D eigenvalue weighted by molar-refractivity contribution is 7.86. The SMILES string of the molecule is NS(=O)(=O)N1CCN(Cc2ccccc2)CC1. The van der Waals surface area contributed by atoms with Crippen LogP contribution in [0.4, 0.5) is 0 Å². The molecule has 1 aromatic carbocycles. The van der Waals surface area contributed by atoms with Gasteiger partial charge in [0.1, 0.15) is 0 Å². The van der Waals surface area contributed by atoms with Crippen LogP contribution in [0.2, 0.25) is 0 Å². The Labute approximate surface area is 102 Å². The summed E-state index contributed by atoms with van der Waals surface area (Å²) in [6.45, 7) is 3.27. The number of nitrogens with two attached hydrogens (primary N) is 1. The minimum Gasteiger partial charge on any atom is -0.296 e. The molecule has 17 heavy (non-hydrogen) atoms. The van der Waals surface area contributed by atoms with Crippen LogP contribution in [0.25, 0.3) is 0 Å². The average molecular weight is 255 g/mol. The number of piperazine rings is 1. The lowest BCUT2D eigenvalue weighted by molar-refractivity contribution is 0.181. The Hall–Kier alpha value is -0.950. The van der Waals surface area contributed by atoms with Crippen molar-refractivity contribution in [2.24, 2.45) is 5.14 Å². The second kappa shape index (κ2) is 5.14. The zero-order chi connectivity index (χ0) is 12.3. The molecule has 1 aromatic rings. The number of rotatable bonds is 3. The summed E-state index contributed by atoms with van der Waals surface area (Å²) in [7, 11) is -3.52. The number of nitrogens with zero attached hydrogens (tertiary/aromatic N) is 2. The average Bonchev–Trinajstić information content (AvgIpc) is 2.30. The fourth-order valence-corrected chi connectivity index (χ4v) is 2.66. The van der Waals surface area contributed by atoms with Crippen LogP contribution in [0.5, 0.6) is 0 Å². The van der Waals surface area contributed by atoms with Gasteiger partial charge in [0.25, 0.3) is 10.2 Å². The van der Waals surface area contributed by atoms with Gasteiger partial charge in [-0.25, -0.2) is 5.14 Å². The fraction of sp³-hybridized carbons (Fsp3) is 0.455. The first-order valence-electron chi connectivity index (χ1n) is 5.60. The van der Waals surface area contributed by atoms with E-state index in [9.17, 15) is 8.42 Å². The fourth-order valence-electron chi connectivity index (χ4n) is 1.98. The molecule has 6 heteroatoms. The normalized spacial score (nSPS) is 19.4. The molecule has 1 aliphatic rings. The van der Waals surface area contributed by atoms with E-state index >= 15 is 0 Å². The molecule has 0 bridgehead atoms. The predicted molar refractivity (Wildman–Crippen MR) is 66.4 cm³/mol. The van der Waals surface area contributed by atoms with Crippen molar-refractivity contribution in [2.75, 3.05) is 26.2 Å². The van der Waals surface area contributed by atoms with Crippen LogP contribution in [0.15, 0.2) is 30.3 Å². The van der Waals surface area contributed by atoms with Crippen molar-refractivity contribution in [1.29, 1.82) is 0 Å². The van der Waals surface area contributed by atoms with Crippen LogP contribution in [-0.4, -0.2) is 43.8 Å². The van der Waals surface area contributed by atoms with Gasteiger partial charge in [-0.15, -0.1) is 0 Å². The summed E-state index contributed by atoms with van der Waals surface area (Å²) in [5.74, 6) is 0. The van der Waals surface area contributed by atoms with Crippen molar-refractivity contribution in [2.45, 2.75) is 6.54 Å². The van der Waals surface area contributed by atoms with Gasteiger partial charge in [-0.1, -0.05) is 30.3 Å². The molecule has 1 saturated heterocycles.